The normalized spacial score (nSPS) is 11.5. The number of aliphatic carboxylic acids is 1. The number of nitrogens with one attached hydrogen (secondary N) is 1. The SMILES string of the molecule is COc1ccc(CC[NH2+][C@@H](CC(=O)Nc2cccc(F)c2)C(=O)[O-])cc1OC. The zero-order valence-corrected chi connectivity index (χ0v) is 15.7. The van der Waals surface area contributed by atoms with Crippen LogP contribution in [0, 0.1) is 5.82 Å². The van der Waals surface area contributed by atoms with Crippen LogP contribution < -0.4 is 25.2 Å². The van der Waals surface area contributed by atoms with Crippen LogP contribution >= 0.6 is 0 Å². The summed E-state index contributed by atoms with van der Waals surface area (Å²) in [5, 5.41) is 15.4. The molecule has 2 aromatic rings. The van der Waals surface area contributed by atoms with Gasteiger partial charge in [-0.1, -0.05) is 12.1 Å². The second-order valence-electron chi connectivity index (χ2n) is 6.15. The van der Waals surface area contributed by atoms with Gasteiger partial charge >= 0.3 is 0 Å². The lowest BCUT2D eigenvalue weighted by atomic mass is 10.1. The quantitative estimate of drug-likeness (QED) is 0.599. The molecule has 0 aromatic heterocycles. The van der Waals surface area contributed by atoms with Gasteiger partial charge in [-0.15, -0.1) is 0 Å². The zero-order valence-electron chi connectivity index (χ0n) is 15.7. The van der Waals surface area contributed by atoms with E-state index in [-0.39, 0.29) is 12.1 Å². The predicted octanol–water partition coefficient (Wildman–Crippen LogP) is 0.0961. The molecule has 0 unspecified atom stereocenters. The van der Waals surface area contributed by atoms with Crippen molar-refractivity contribution in [1.82, 2.24) is 0 Å². The van der Waals surface area contributed by atoms with Crippen molar-refractivity contribution < 1.29 is 33.9 Å². The number of anilines is 1. The summed E-state index contributed by atoms with van der Waals surface area (Å²) in [4.78, 5) is 23.4. The predicted molar refractivity (Wildman–Crippen MR) is 98.5 cm³/mol. The molecule has 2 rings (SSSR count). The fourth-order valence-electron chi connectivity index (χ4n) is 2.73. The van der Waals surface area contributed by atoms with Crippen molar-refractivity contribution in [3.8, 4) is 11.5 Å². The van der Waals surface area contributed by atoms with Crippen LogP contribution in [0.4, 0.5) is 10.1 Å². The van der Waals surface area contributed by atoms with E-state index in [1.165, 1.54) is 30.6 Å². The summed E-state index contributed by atoms with van der Waals surface area (Å²) < 4.78 is 23.6. The van der Waals surface area contributed by atoms with Crippen molar-refractivity contribution in [3.63, 3.8) is 0 Å². The van der Waals surface area contributed by atoms with Crippen molar-refractivity contribution in [2.45, 2.75) is 18.9 Å². The molecule has 1 amide bonds. The number of carboxylic acids is 1. The molecule has 0 heterocycles. The van der Waals surface area contributed by atoms with Gasteiger partial charge in [0.2, 0.25) is 5.91 Å². The number of quaternary nitrogens is 1. The van der Waals surface area contributed by atoms with Crippen LogP contribution in [0.2, 0.25) is 0 Å². The second-order valence-corrected chi connectivity index (χ2v) is 6.15. The molecule has 3 N–H and O–H groups in total. The van der Waals surface area contributed by atoms with E-state index in [4.69, 9.17) is 9.47 Å². The first kappa shape index (κ1) is 21.2. The minimum absolute atomic E-state index is 0.271. The number of hydrogen-bond donors (Lipinski definition) is 2. The lowest BCUT2D eigenvalue weighted by Gasteiger charge is -2.16. The third-order valence-electron chi connectivity index (χ3n) is 4.15. The molecule has 0 spiro atoms. The molecule has 0 saturated heterocycles. The van der Waals surface area contributed by atoms with Gasteiger partial charge in [0.1, 0.15) is 11.9 Å². The Kier molecular flexibility index (Phi) is 7.76. The van der Waals surface area contributed by atoms with E-state index in [0.29, 0.717) is 24.5 Å². The Morgan fingerprint density at radius 3 is 2.54 bits per heavy atom. The van der Waals surface area contributed by atoms with Crippen molar-refractivity contribution in [2.75, 3.05) is 26.1 Å². The molecule has 28 heavy (non-hydrogen) atoms. The number of ether oxygens (including phenoxy) is 2. The first-order chi connectivity index (χ1) is 13.4. The summed E-state index contributed by atoms with van der Waals surface area (Å²) in [7, 11) is 3.09. The van der Waals surface area contributed by atoms with Crippen LogP contribution in [0.5, 0.6) is 11.5 Å². The van der Waals surface area contributed by atoms with E-state index in [9.17, 15) is 19.1 Å². The summed E-state index contributed by atoms with van der Waals surface area (Å²) in [5.41, 5.74) is 1.21. The smallest absolute Gasteiger partial charge is 0.230 e. The Balaban J connectivity index is 1.89. The number of carbonyl (C=O) groups is 2. The van der Waals surface area contributed by atoms with E-state index < -0.39 is 23.7 Å². The Bertz CT molecular complexity index is 828. The van der Waals surface area contributed by atoms with E-state index in [1.54, 1.807) is 13.2 Å². The first-order valence-electron chi connectivity index (χ1n) is 8.73. The summed E-state index contributed by atoms with van der Waals surface area (Å²) >= 11 is 0. The van der Waals surface area contributed by atoms with E-state index in [0.717, 1.165) is 11.6 Å². The lowest BCUT2D eigenvalue weighted by Crippen LogP contribution is -2.93. The summed E-state index contributed by atoms with van der Waals surface area (Å²) in [6.07, 6.45) is 0.278. The topological polar surface area (TPSA) is 104 Å². The molecule has 0 saturated carbocycles. The number of halogens is 1. The Morgan fingerprint density at radius 1 is 1.14 bits per heavy atom. The van der Waals surface area contributed by atoms with Crippen LogP contribution in [0.25, 0.3) is 0 Å². The average molecular weight is 390 g/mol. The highest BCUT2D eigenvalue weighted by molar-refractivity contribution is 5.93. The largest absolute Gasteiger partial charge is 0.544 e. The first-order valence-corrected chi connectivity index (χ1v) is 8.73. The maximum atomic E-state index is 13.2. The van der Waals surface area contributed by atoms with Crippen LogP contribution in [0.15, 0.2) is 42.5 Å². The summed E-state index contributed by atoms with van der Waals surface area (Å²) in [5.74, 6) is -1.15. The molecule has 0 fully saturated rings. The van der Waals surface area contributed by atoms with Crippen LogP contribution in [0.3, 0.4) is 0 Å². The highest BCUT2D eigenvalue weighted by atomic mass is 19.1. The van der Waals surface area contributed by atoms with E-state index >= 15 is 0 Å². The van der Waals surface area contributed by atoms with Crippen molar-refractivity contribution >= 4 is 17.6 Å². The van der Waals surface area contributed by atoms with E-state index in [2.05, 4.69) is 5.32 Å². The van der Waals surface area contributed by atoms with Gasteiger partial charge in [0.15, 0.2) is 11.5 Å². The van der Waals surface area contributed by atoms with Crippen molar-refractivity contribution in [3.05, 3.63) is 53.8 Å². The summed E-state index contributed by atoms with van der Waals surface area (Å²) in [6.45, 7) is 0.432. The van der Waals surface area contributed by atoms with Gasteiger partial charge in [-0.05, 0) is 35.9 Å². The Labute approximate surface area is 162 Å². The Morgan fingerprint density at radius 2 is 1.89 bits per heavy atom. The van der Waals surface area contributed by atoms with Crippen molar-refractivity contribution in [1.29, 1.82) is 0 Å². The number of methoxy groups -OCH3 is 2. The number of nitrogens with two attached hydrogens (primary N) is 1. The van der Waals surface area contributed by atoms with Gasteiger partial charge in [0.05, 0.1) is 33.2 Å². The van der Waals surface area contributed by atoms with E-state index in [1.807, 2.05) is 12.1 Å². The number of carboxylic acid groups (broad SMARTS) is 1. The molecular formula is C20H23FN2O5. The van der Waals surface area contributed by atoms with Crippen molar-refractivity contribution in [2.24, 2.45) is 0 Å². The average Bonchev–Trinajstić information content (AvgIpc) is 2.66. The van der Waals surface area contributed by atoms with Gasteiger partial charge < -0.3 is 30.0 Å². The highest BCUT2D eigenvalue weighted by Gasteiger charge is 2.18. The maximum absolute atomic E-state index is 13.2. The fraction of sp³-hybridized carbons (Fsp3) is 0.300. The molecule has 150 valence electrons. The standard InChI is InChI=1S/C20H23FN2O5/c1-27-17-7-6-13(10-18(17)28-2)8-9-22-16(20(25)26)12-19(24)23-15-5-3-4-14(21)11-15/h3-7,10-11,16,22H,8-9,12H2,1-2H3,(H,23,24)(H,25,26)/t16-/m0/s1. The molecule has 0 aliphatic heterocycles. The molecular weight excluding hydrogens is 367 g/mol. The molecule has 7 nitrogen and oxygen atoms in total. The third-order valence-corrected chi connectivity index (χ3v) is 4.15. The van der Waals surface area contributed by atoms with Gasteiger partial charge in [0.25, 0.3) is 0 Å². The van der Waals surface area contributed by atoms with Crippen LogP contribution in [0.1, 0.15) is 12.0 Å². The number of amides is 1. The van der Waals surface area contributed by atoms with Crippen LogP contribution in [-0.2, 0) is 16.0 Å². The van der Waals surface area contributed by atoms with Gasteiger partial charge in [-0.25, -0.2) is 4.39 Å². The molecule has 2 aromatic carbocycles. The minimum atomic E-state index is -1.33. The molecule has 0 aliphatic carbocycles. The molecule has 8 heteroatoms. The third kappa shape index (κ3) is 6.24. The molecule has 0 aliphatic rings. The fourth-order valence-corrected chi connectivity index (χ4v) is 2.73. The van der Waals surface area contributed by atoms with Gasteiger partial charge in [-0.2, -0.15) is 0 Å². The lowest BCUT2D eigenvalue weighted by molar-refractivity contribution is -0.682. The maximum Gasteiger partial charge on any atom is 0.230 e. The minimum Gasteiger partial charge on any atom is -0.544 e. The molecule has 0 bridgehead atoms. The Hall–Kier alpha value is -3.13. The highest BCUT2D eigenvalue weighted by Crippen LogP contribution is 2.27. The number of rotatable bonds is 10. The summed E-state index contributed by atoms with van der Waals surface area (Å²) in [6, 6.07) is 9.79. The van der Waals surface area contributed by atoms with Gasteiger partial charge in [-0.3, -0.25) is 4.79 Å². The molecule has 0 radical (unpaired) electrons. The molecule has 1 atom stereocenters. The van der Waals surface area contributed by atoms with Crippen LogP contribution in [-0.4, -0.2) is 38.7 Å². The monoisotopic (exact) mass is 390 g/mol. The zero-order chi connectivity index (χ0) is 20.5. The number of hydrogen-bond acceptors (Lipinski definition) is 5. The van der Waals surface area contributed by atoms with Gasteiger partial charge in [0, 0.05) is 12.1 Å². The number of carbonyl (C=O) groups excluding carboxylic acids is 2. The number of benzene rings is 2. The second kappa shape index (κ2) is 10.3.